The summed E-state index contributed by atoms with van der Waals surface area (Å²) in [6.07, 6.45) is 0. The average Bonchev–Trinajstić information content (AvgIpc) is 3.48. The molecule has 2 N–H and O–H groups in total. The molecule has 0 unspecified atom stereocenters. The van der Waals surface area contributed by atoms with Gasteiger partial charge in [-0.25, -0.2) is 0 Å². The highest BCUT2D eigenvalue weighted by molar-refractivity contribution is 6.23. The second kappa shape index (κ2) is 7.67. The molecular formula is C35H24N2. The van der Waals surface area contributed by atoms with Crippen LogP contribution >= 0.6 is 0 Å². The Morgan fingerprint density at radius 2 is 1.08 bits per heavy atom. The molecule has 37 heavy (non-hydrogen) atoms. The molecule has 0 spiro atoms. The molecule has 174 valence electrons. The fourth-order valence-corrected chi connectivity index (χ4v) is 6.34. The second-order valence-electron chi connectivity index (χ2n) is 9.85. The largest absolute Gasteiger partial charge is 0.326 e. The van der Waals surface area contributed by atoms with Gasteiger partial charge in [0.15, 0.2) is 0 Å². The zero-order chi connectivity index (χ0) is 24.5. The Kier molecular flexibility index (Phi) is 4.25. The summed E-state index contributed by atoms with van der Waals surface area (Å²) >= 11 is 0. The van der Waals surface area contributed by atoms with E-state index in [0.29, 0.717) is 6.54 Å². The normalized spacial score (nSPS) is 12.0. The van der Waals surface area contributed by atoms with Crippen molar-refractivity contribution in [2.24, 2.45) is 5.73 Å². The van der Waals surface area contributed by atoms with Crippen LogP contribution in [0.2, 0.25) is 0 Å². The molecule has 6 aromatic carbocycles. The monoisotopic (exact) mass is 472 g/mol. The maximum Gasteiger partial charge on any atom is 0.0620 e. The van der Waals surface area contributed by atoms with Gasteiger partial charge in [-0.05, 0) is 50.7 Å². The molecule has 2 heteroatoms. The minimum Gasteiger partial charge on any atom is -0.326 e. The highest BCUT2D eigenvalue weighted by atomic mass is 14.9. The summed E-state index contributed by atoms with van der Waals surface area (Å²) < 4.78 is 2.45. The van der Waals surface area contributed by atoms with E-state index in [0.717, 1.165) is 0 Å². The molecule has 0 radical (unpaired) electrons. The van der Waals surface area contributed by atoms with Crippen LogP contribution in [0.4, 0.5) is 0 Å². The third-order valence-electron chi connectivity index (χ3n) is 7.99. The minimum absolute atomic E-state index is 0.525. The highest BCUT2D eigenvalue weighted by Crippen LogP contribution is 2.42. The van der Waals surface area contributed by atoms with Crippen LogP contribution in [0.3, 0.4) is 0 Å². The molecule has 2 heterocycles. The maximum absolute atomic E-state index is 6.10. The lowest BCUT2D eigenvalue weighted by atomic mass is 9.90. The molecule has 0 aliphatic carbocycles. The molecule has 0 saturated carbocycles. The van der Waals surface area contributed by atoms with E-state index in [1.165, 1.54) is 76.7 Å². The van der Waals surface area contributed by atoms with E-state index in [9.17, 15) is 0 Å². The van der Waals surface area contributed by atoms with Crippen LogP contribution in [0.5, 0.6) is 0 Å². The van der Waals surface area contributed by atoms with Crippen LogP contribution in [-0.2, 0) is 6.54 Å². The van der Waals surface area contributed by atoms with Gasteiger partial charge in [0.1, 0.15) is 0 Å². The maximum atomic E-state index is 6.10. The minimum atomic E-state index is 0.525. The van der Waals surface area contributed by atoms with Gasteiger partial charge in [-0.1, -0.05) is 109 Å². The molecule has 0 saturated heterocycles. The van der Waals surface area contributed by atoms with Gasteiger partial charge in [0.2, 0.25) is 0 Å². The van der Waals surface area contributed by atoms with Crippen LogP contribution in [0.25, 0.3) is 71.1 Å². The first-order valence-electron chi connectivity index (χ1n) is 12.8. The Hall–Kier alpha value is -4.66. The number of hydrogen-bond donors (Lipinski definition) is 1. The zero-order valence-electron chi connectivity index (χ0n) is 20.3. The number of nitrogens with zero attached hydrogens (tertiary/aromatic N) is 1. The molecular weight excluding hydrogens is 448 g/mol. The standard InChI is InChI=1S/C35H24N2/c36-21-23-8-1-2-9-24(23)28-19-18-25(26-10-3-4-11-27(26)28)22-16-17-30-32-14-7-13-31-29-12-5-6-15-33(29)37(35(31)32)34(30)20-22/h1-20H,21,36H2. The Morgan fingerprint density at radius 3 is 1.89 bits per heavy atom. The fourth-order valence-electron chi connectivity index (χ4n) is 6.34. The molecule has 2 nitrogen and oxygen atoms in total. The van der Waals surface area contributed by atoms with Crippen molar-refractivity contribution in [3.63, 3.8) is 0 Å². The summed E-state index contributed by atoms with van der Waals surface area (Å²) in [6.45, 7) is 0.525. The van der Waals surface area contributed by atoms with Gasteiger partial charge >= 0.3 is 0 Å². The summed E-state index contributed by atoms with van der Waals surface area (Å²) in [6, 6.07) is 44.1. The van der Waals surface area contributed by atoms with E-state index in [-0.39, 0.29) is 0 Å². The van der Waals surface area contributed by atoms with Crippen molar-refractivity contribution in [1.82, 2.24) is 4.40 Å². The van der Waals surface area contributed by atoms with Crippen molar-refractivity contribution in [2.75, 3.05) is 0 Å². The molecule has 0 amide bonds. The quantitative estimate of drug-likeness (QED) is 0.274. The number of hydrogen-bond acceptors (Lipinski definition) is 1. The van der Waals surface area contributed by atoms with E-state index in [1.807, 2.05) is 0 Å². The number of rotatable bonds is 3. The molecule has 0 fully saturated rings. The summed E-state index contributed by atoms with van der Waals surface area (Å²) in [5.74, 6) is 0. The summed E-state index contributed by atoms with van der Waals surface area (Å²) in [5, 5.41) is 7.74. The first kappa shape index (κ1) is 20.5. The predicted octanol–water partition coefficient (Wildman–Crippen LogP) is 8.78. The molecule has 0 bridgehead atoms. The van der Waals surface area contributed by atoms with Gasteiger partial charge < -0.3 is 10.1 Å². The SMILES string of the molecule is NCc1ccccc1-c1ccc(-c2ccc3c4cccc5c6ccccc6n(c3c2)c54)c2ccccc12. The van der Waals surface area contributed by atoms with Crippen LogP contribution < -0.4 is 5.73 Å². The lowest BCUT2D eigenvalue weighted by Crippen LogP contribution is -1.99. The number of benzene rings is 6. The molecule has 8 aromatic rings. The first-order chi connectivity index (χ1) is 18.3. The lowest BCUT2D eigenvalue weighted by molar-refractivity contribution is 1.07. The van der Waals surface area contributed by atoms with Crippen molar-refractivity contribution < 1.29 is 0 Å². The van der Waals surface area contributed by atoms with Gasteiger partial charge in [-0.3, -0.25) is 0 Å². The Bertz CT molecular complexity index is 2130. The van der Waals surface area contributed by atoms with E-state index in [4.69, 9.17) is 5.73 Å². The van der Waals surface area contributed by atoms with Crippen molar-refractivity contribution in [1.29, 1.82) is 0 Å². The van der Waals surface area contributed by atoms with Gasteiger partial charge in [0.25, 0.3) is 0 Å². The van der Waals surface area contributed by atoms with Crippen molar-refractivity contribution >= 4 is 48.9 Å². The van der Waals surface area contributed by atoms with Crippen molar-refractivity contribution in [3.05, 3.63) is 127 Å². The van der Waals surface area contributed by atoms with Gasteiger partial charge in [-0.2, -0.15) is 0 Å². The lowest BCUT2D eigenvalue weighted by Gasteiger charge is -2.14. The Balaban J connectivity index is 1.42. The Morgan fingerprint density at radius 1 is 0.459 bits per heavy atom. The number of fused-ring (bicyclic) bond motifs is 7. The third-order valence-corrected chi connectivity index (χ3v) is 7.99. The molecule has 2 aromatic heterocycles. The average molecular weight is 473 g/mol. The van der Waals surface area contributed by atoms with Gasteiger partial charge in [-0.15, -0.1) is 0 Å². The Labute approximate surface area is 214 Å². The summed E-state index contributed by atoms with van der Waals surface area (Å²) in [5.41, 5.74) is 16.0. The molecule has 0 atom stereocenters. The van der Waals surface area contributed by atoms with E-state index >= 15 is 0 Å². The second-order valence-corrected chi connectivity index (χ2v) is 9.85. The predicted molar refractivity (Wildman–Crippen MR) is 157 cm³/mol. The molecule has 8 rings (SSSR count). The van der Waals surface area contributed by atoms with Gasteiger partial charge in [0.05, 0.1) is 16.6 Å². The van der Waals surface area contributed by atoms with E-state index < -0.39 is 0 Å². The van der Waals surface area contributed by atoms with Crippen LogP contribution in [0, 0.1) is 0 Å². The molecule has 0 aliphatic heterocycles. The fraction of sp³-hybridized carbons (Fsp3) is 0.0286. The third kappa shape index (κ3) is 2.79. The van der Waals surface area contributed by atoms with E-state index in [1.54, 1.807) is 0 Å². The number of nitrogens with two attached hydrogens (primary N) is 1. The van der Waals surface area contributed by atoms with Gasteiger partial charge in [0, 0.05) is 28.1 Å². The topological polar surface area (TPSA) is 30.4 Å². The van der Waals surface area contributed by atoms with Crippen molar-refractivity contribution in [2.45, 2.75) is 6.54 Å². The number of para-hydroxylation sites is 2. The summed E-state index contributed by atoms with van der Waals surface area (Å²) in [4.78, 5) is 0. The van der Waals surface area contributed by atoms with Crippen LogP contribution in [-0.4, -0.2) is 4.40 Å². The number of aromatic nitrogens is 1. The van der Waals surface area contributed by atoms with E-state index in [2.05, 4.69) is 126 Å². The highest BCUT2D eigenvalue weighted by Gasteiger charge is 2.18. The zero-order valence-corrected chi connectivity index (χ0v) is 20.3. The first-order valence-corrected chi connectivity index (χ1v) is 12.8. The van der Waals surface area contributed by atoms with Crippen LogP contribution in [0.15, 0.2) is 121 Å². The van der Waals surface area contributed by atoms with Crippen LogP contribution in [0.1, 0.15) is 5.56 Å². The smallest absolute Gasteiger partial charge is 0.0620 e. The summed E-state index contributed by atoms with van der Waals surface area (Å²) in [7, 11) is 0. The van der Waals surface area contributed by atoms with Crippen molar-refractivity contribution in [3.8, 4) is 22.3 Å². The molecule has 0 aliphatic rings.